The second-order valence-electron chi connectivity index (χ2n) is 8.13. The van der Waals surface area contributed by atoms with Gasteiger partial charge in [-0.05, 0) is 51.4 Å². The zero-order chi connectivity index (χ0) is 21.8. The molecule has 0 bridgehead atoms. The lowest BCUT2D eigenvalue weighted by Crippen LogP contribution is -2.34. The number of aryl methyl sites for hydroxylation is 1. The van der Waals surface area contributed by atoms with Gasteiger partial charge >= 0.3 is 0 Å². The average molecular weight is 442 g/mol. The molecule has 4 rings (SSSR count). The van der Waals surface area contributed by atoms with Crippen LogP contribution in [0.15, 0.2) is 30.5 Å². The standard InChI is InChI=1S/C23H31N5O2S/c1-16-22(19-10-12-28(26-19)15-17-7-6-11-27(2)14-17)31-23(25-16)24-13-18-8-5-9-20(29-3)21(18)30-4/h5,8-10,12,17H,6-7,11,13-15H2,1-4H3,(H,24,25). The summed E-state index contributed by atoms with van der Waals surface area (Å²) in [6.07, 6.45) is 4.65. The highest BCUT2D eigenvalue weighted by Gasteiger charge is 2.19. The van der Waals surface area contributed by atoms with Crippen molar-refractivity contribution in [1.29, 1.82) is 0 Å². The van der Waals surface area contributed by atoms with Crippen LogP contribution < -0.4 is 14.8 Å². The summed E-state index contributed by atoms with van der Waals surface area (Å²) in [5.74, 6) is 2.15. The predicted molar refractivity (Wildman–Crippen MR) is 125 cm³/mol. The second-order valence-corrected chi connectivity index (χ2v) is 9.13. The molecule has 0 spiro atoms. The molecule has 1 saturated heterocycles. The molecular weight excluding hydrogens is 410 g/mol. The van der Waals surface area contributed by atoms with Gasteiger partial charge in [0.2, 0.25) is 0 Å². The fourth-order valence-electron chi connectivity index (χ4n) is 4.24. The Morgan fingerprint density at radius 2 is 2.10 bits per heavy atom. The molecule has 0 aliphatic carbocycles. The number of thiazole rings is 1. The van der Waals surface area contributed by atoms with E-state index in [1.165, 1.54) is 19.4 Å². The number of hydrogen-bond acceptors (Lipinski definition) is 7. The van der Waals surface area contributed by atoms with Crippen molar-refractivity contribution in [2.75, 3.05) is 39.7 Å². The summed E-state index contributed by atoms with van der Waals surface area (Å²) in [5, 5.41) is 9.15. The first-order chi connectivity index (χ1) is 15.1. The quantitative estimate of drug-likeness (QED) is 0.563. The normalized spacial score (nSPS) is 17.0. The molecule has 1 unspecified atom stereocenters. The smallest absolute Gasteiger partial charge is 0.183 e. The van der Waals surface area contributed by atoms with Gasteiger partial charge in [-0.25, -0.2) is 4.98 Å². The lowest BCUT2D eigenvalue weighted by Gasteiger charge is -2.29. The number of methoxy groups -OCH3 is 2. The Morgan fingerprint density at radius 3 is 2.87 bits per heavy atom. The third-order valence-corrected chi connectivity index (χ3v) is 6.89. The average Bonchev–Trinajstić information content (AvgIpc) is 3.37. The molecule has 166 valence electrons. The Labute approximate surface area is 188 Å². The third-order valence-electron chi connectivity index (χ3n) is 5.75. The van der Waals surface area contributed by atoms with Gasteiger partial charge in [-0.2, -0.15) is 5.10 Å². The van der Waals surface area contributed by atoms with Crippen molar-refractivity contribution in [3.63, 3.8) is 0 Å². The molecule has 3 aromatic rings. The largest absolute Gasteiger partial charge is 0.493 e. The highest BCUT2D eigenvalue weighted by Crippen LogP contribution is 2.34. The summed E-state index contributed by atoms with van der Waals surface area (Å²) in [6.45, 7) is 5.98. The third kappa shape index (κ3) is 5.02. The van der Waals surface area contributed by atoms with Crippen molar-refractivity contribution in [2.45, 2.75) is 32.9 Å². The van der Waals surface area contributed by atoms with Crippen LogP contribution in [0.25, 0.3) is 10.6 Å². The van der Waals surface area contributed by atoms with Gasteiger partial charge in [0.05, 0.1) is 24.8 Å². The summed E-state index contributed by atoms with van der Waals surface area (Å²) >= 11 is 1.64. The molecule has 3 heterocycles. The summed E-state index contributed by atoms with van der Waals surface area (Å²) < 4.78 is 13.0. The van der Waals surface area contributed by atoms with E-state index in [-0.39, 0.29) is 0 Å². The number of rotatable bonds is 8. The van der Waals surface area contributed by atoms with Crippen molar-refractivity contribution in [2.24, 2.45) is 5.92 Å². The maximum Gasteiger partial charge on any atom is 0.183 e. The summed E-state index contributed by atoms with van der Waals surface area (Å²) in [4.78, 5) is 8.24. The SMILES string of the molecule is COc1cccc(CNc2nc(C)c(-c3ccn(CC4CCCN(C)C4)n3)s2)c1OC. The molecule has 0 saturated carbocycles. The number of para-hydroxylation sites is 1. The van der Waals surface area contributed by atoms with E-state index in [4.69, 9.17) is 19.6 Å². The van der Waals surface area contributed by atoms with E-state index in [1.54, 1.807) is 25.6 Å². The number of benzene rings is 1. The Kier molecular flexibility index (Phi) is 6.77. The van der Waals surface area contributed by atoms with Crippen LogP contribution in [-0.4, -0.2) is 54.0 Å². The highest BCUT2D eigenvalue weighted by atomic mass is 32.1. The van der Waals surface area contributed by atoms with E-state index >= 15 is 0 Å². The maximum atomic E-state index is 5.53. The van der Waals surface area contributed by atoms with E-state index in [0.717, 1.165) is 51.5 Å². The molecule has 2 aromatic heterocycles. The molecule has 31 heavy (non-hydrogen) atoms. The Bertz CT molecular complexity index is 1020. The molecule has 0 amide bonds. The van der Waals surface area contributed by atoms with Crippen LogP contribution in [0.2, 0.25) is 0 Å². The molecule has 0 radical (unpaired) electrons. The number of anilines is 1. The van der Waals surface area contributed by atoms with E-state index in [0.29, 0.717) is 12.5 Å². The van der Waals surface area contributed by atoms with Crippen molar-refractivity contribution in [1.82, 2.24) is 19.7 Å². The zero-order valence-corrected chi connectivity index (χ0v) is 19.5. The number of piperidine rings is 1. The van der Waals surface area contributed by atoms with Crippen LogP contribution in [0.1, 0.15) is 24.1 Å². The van der Waals surface area contributed by atoms with Gasteiger partial charge in [-0.3, -0.25) is 4.68 Å². The number of likely N-dealkylation sites (tertiary alicyclic amines) is 1. The molecule has 1 aliphatic rings. The van der Waals surface area contributed by atoms with Crippen LogP contribution in [0.4, 0.5) is 5.13 Å². The maximum absolute atomic E-state index is 5.53. The van der Waals surface area contributed by atoms with Crippen molar-refractivity contribution >= 4 is 16.5 Å². The topological polar surface area (TPSA) is 64.4 Å². The van der Waals surface area contributed by atoms with Gasteiger partial charge in [0.15, 0.2) is 16.6 Å². The first kappa shape index (κ1) is 21.6. The van der Waals surface area contributed by atoms with Gasteiger partial charge in [-0.1, -0.05) is 23.5 Å². The molecule has 1 fully saturated rings. The number of nitrogens with one attached hydrogen (secondary N) is 1. The summed E-state index contributed by atoms with van der Waals surface area (Å²) in [7, 11) is 5.52. The molecular formula is C23H31N5O2S. The van der Waals surface area contributed by atoms with Crippen LogP contribution in [0.5, 0.6) is 11.5 Å². The Hall–Kier alpha value is -2.58. The van der Waals surface area contributed by atoms with Crippen molar-refractivity contribution < 1.29 is 9.47 Å². The molecule has 1 N–H and O–H groups in total. The fraction of sp³-hybridized carbons (Fsp3) is 0.478. The van der Waals surface area contributed by atoms with Gasteiger partial charge in [0.25, 0.3) is 0 Å². The number of hydrogen-bond donors (Lipinski definition) is 1. The first-order valence-corrected chi connectivity index (χ1v) is 11.5. The monoisotopic (exact) mass is 441 g/mol. The molecule has 1 aromatic carbocycles. The minimum absolute atomic E-state index is 0.608. The zero-order valence-electron chi connectivity index (χ0n) is 18.7. The summed E-state index contributed by atoms with van der Waals surface area (Å²) in [6, 6.07) is 7.99. The van der Waals surface area contributed by atoms with E-state index < -0.39 is 0 Å². The Morgan fingerprint density at radius 1 is 1.23 bits per heavy atom. The van der Waals surface area contributed by atoms with Crippen LogP contribution in [0, 0.1) is 12.8 Å². The van der Waals surface area contributed by atoms with Gasteiger partial charge in [0.1, 0.15) is 5.69 Å². The second kappa shape index (κ2) is 9.70. The van der Waals surface area contributed by atoms with E-state index in [2.05, 4.69) is 34.2 Å². The molecule has 1 atom stereocenters. The van der Waals surface area contributed by atoms with Crippen LogP contribution >= 0.6 is 11.3 Å². The van der Waals surface area contributed by atoms with Crippen molar-refractivity contribution in [3.8, 4) is 22.1 Å². The number of nitrogens with zero attached hydrogens (tertiary/aromatic N) is 4. The molecule has 7 nitrogen and oxygen atoms in total. The Balaban J connectivity index is 1.43. The number of aromatic nitrogens is 3. The summed E-state index contributed by atoms with van der Waals surface area (Å²) in [5.41, 5.74) is 3.01. The molecule has 8 heteroatoms. The van der Waals surface area contributed by atoms with Gasteiger partial charge < -0.3 is 19.7 Å². The minimum atomic E-state index is 0.608. The number of ether oxygens (including phenoxy) is 2. The van der Waals surface area contributed by atoms with Gasteiger partial charge in [0, 0.05) is 31.4 Å². The first-order valence-electron chi connectivity index (χ1n) is 10.7. The predicted octanol–water partition coefficient (Wildman–Crippen LogP) is 4.29. The lowest BCUT2D eigenvalue weighted by molar-refractivity contribution is 0.191. The van der Waals surface area contributed by atoms with E-state index in [1.807, 2.05) is 25.1 Å². The highest BCUT2D eigenvalue weighted by molar-refractivity contribution is 7.19. The van der Waals surface area contributed by atoms with E-state index in [9.17, 15) is 0 Å². The fourth-order valence-corrected chi connectivity index (χ4v) is 5.17. The lowest BCUT2D eigenvalue weighted by atomic mass is 9.99. The van der Waals surface area contributed by atoms with Crippen molar-refractivity contribution in [3.05, 3.63) is 41.7 Å². The van der Waals surface area contributed by atoms with Crippen LogP contribution in [-0.2, 0) is 13.1 Å². The van der Waals surface area contributed by atoms with Gasteiger partial charge in [-0.15, -0.1) is 0 Å². The molecule has 1 aliphatic heterocycles. The minimum Gasteiger partial charge on any atom is -0.493 e. The van der Waals surface area contributed by atoms with Crippen LogP contribution in [0.3, 0.4) is 0 Å².